The Morgan fingerprint density at radius 1 is 1.12 bits per heavy atom. The summed E-state index contributed by atoms with van der Waals surface area (Å²) in [6.07, 6.45) is 2.52. The normalized spacial score (nSPS) is 10.1. The molecule has 0 bridgehead atoms. The molecule has 0 saturated carbocycles. The second kappa shape index (κ2) is 12.6. The molecule has 3 aromatic rings. The van der Waals surface area contributed by atoms with E-state index in [4.69, 9.17) is 15.6 Å². The number of anilines is 1. The molecule has 10 nitrogen and oxygen atoms in total. The maximum Gasteiger partial charge on any atom is 0.290 e. The van der Waals surface area contributed by atoms with Crippen LogP contribution in [0, 0.1) is 0 Å². The van der Waals surface area contributed by atoms with Crippen LogP contribution in [-0.2, 0) is 22.4 Å². The smallest absolute Gasteiger partial charge is 0.290 e. The van der Waals surface area contributed by atoms with E-state index in [0.29, 0.717) is 35.9 Å². The molecule has 0 aliphatic carbocycles. The van der Waals surface area contributed by atoms with Gasteiger partial charge in [-0.15, -0.1) is 0 Å². The second-order valence-electron chi connectivity index (χ2n) is 7.14. The van der Waals surface area contributed by atoms with Crippen molar-refractivity contribution in [2.45, 2.75) is 25.7 Å². The monoisotopic (exact) mass is 453 g/mol. The molecule has 33 heavy (non-hydrogen) atoms. The first-order valence-electron chi connectivity index (χ1n) is 10.3. The van der Waals surface area contributed by atoms with Crippen LogP contribution in [0.4, 0.5) is 5.95 Å². The lowest BCUT2D eigenvalue weighted by Crippen LogP contribution is -2.26. The third kappa shape index (κ3) is 7.76. The van der Waals surface area contributed by atoms with Crippen LogP contribution in [0.1, 0.15) is 34.3 Å². The topological polar surface area (TPSA) is 167 Å². The van der Waals surface area contributed by atoms with E-state index in [2.05, 4.69) is 20.6 Å². The number of nitrogens with one attached hydrogen (secondary N) is 3. The quantitative estimate of drug-likeness (QED) is 0.253. The predicted octanol–water partition coefficient (Wildman–Crippen LogP) is 1.25. The number of hydrogen-bond acceptors (Lipinski definition) is 6. The SMILES string of the molecule is CNC(=O)CCCNC(=O)c1ccc(CCc2ccc3nc(N)[nH]c(=O)c3c2)cc1.O=CO. The number of benzene rings is 2. The van der Waals surface area contributed by atoms with Gasteiger partial charge >= 0.3 is 0 Å². The number of rotatable bonds is 8. The molecular weight excluding hydrogens is 426 g/mol. The highest BCUT2D eigenvalue weighted by Crippen LogP contribution is 2.14. The van der Waals surface area contributed by atoms with Gasteiger partial charge in [-0.3, -0.25) is 24.2 Å². The first-order chi connectivity index (χ1) is 15.9. The molecule has 0 unspecified atom stereocenters. The lowest BCUT2D eigenvalue weighted by Gasteiger charge is -2.07. The van der Waals surface area contributed by atoms with Crippen molar-refractivity contribution in [3.8, 4) is 0 Å². The summed E-state index contributed by atoms with van der Waals surface area (Å²) >= 11 is 0. The zero-order valence-electron chi connectivity index (χ0n) is 18.3. The molecule has 0 aliphatic heterocycles. The number of nitrogens with zero attached hydrogens (tertiary/aromatic N) is 1. The zero-order valence-corrected chi connectivity index (χ0v) is 18.3. The Bertz CT molecular complexity index is 1160. The lowest BCUT2D eigenvalue weighted by molar-refractivity contribution is -0.123. The van der Waals surface area contributed by atoms with E-state index in [-0.39, 0.29) is 29.8 Å². The van der Waals surface area contributed by atoms with Gasteiger partial charge in [0.1, 0.15) is 0 Å². The number of carbonyl (C=O) groups is 3. The fourth-order valence-electron chi connectivity index (χ4n) is 3.15. The Kier molecular flexibility index (Phi) is 9.56. The minimum atomic E-state index is -0.250. The molecule has 0 aliphatic rings. The van der Waals surface area contributed by atoms with E-state index in [9.17, 15) is 14.4 Å². The minimum Gasteiger partial charge on any atom is -0.483 e. The molecule has 3 rings (SSSR count). The number of nitrogens with two attached hydrogens (primary N) is 1. The summed E-state index contributed by atoms with van der Waals surface area (Å²) in [7, 11) is 1.59. The van der Waals surface area contributed by atoms with Gasteiger partial charge in [0.25, 0.3) is 17.9 Å². The van der Waals surface area contributed by atoms with Gasteiger partial charge in [0.2, 0.25) is 11.9 Å². The third-order valence-corrected chi connectivity index (χ3v) is 4.85. The van der Waals surface area contributed by atoms with Crippen molar-refractivity contribution in [3.63, 3.8) is 0 Å². The van der Waals surface area contributed by atoms with Crippen LogP contribution >= 0.6 is 0 Å². The van der Waals surface area contributed by atoms with Crippen LogP contribution < -0.4 is 21.9 Å². The maximum atomic E-state index is 12.2. The predicted molar refractivity (Wildman–Crippen MR) is 125 cm³/mol. The van der Waals surface area contributed by atoms with Crippen LogP contribution in [0.5, 0.6) is 0 Å². The molecule has 6 N–H and O–H groups in total. The Morgan fingerprint density at radius 3 is 2.42 bits per heavy atom. The van der Waals surface area contributed by atoms with Gasteiger partial charge in [-0.25, -0.2) is 4.98 Å². The van der Waals surface area contributed by atoms with E-state index in [1.165, 1.54) is 0 Å². The maximum absolute atomic E-state index is 12.2. The molecule has 0 radical (unpaired) electrons. The van der Waals surface area contributed by atoms with E-state index < -0.39 is 0 Å². The van der Waals surface area contributed by atoms with Crippen LogP contribution in [0.25, 0.3) is 10.9 Å². The van der Waals surface area contributed by atoms with Gasteiger partial charge in [0, 0.05) is 25.6 Å². The van der Waals surface area contributed by atoms with Crippen LogP contribution in [-0.4, -0.2) is 47.0 Å². The number of carbonyl (C=O) groups excluding carboxylic acids is 2. The van der Waals surface area contributed by atoms with E-state index >= 15 is 0 Å². The highest BCUT2D eigenvalue weighted by atomic mass is 16.3. The molecule has 0 spiro atoms. The van der Waals surface area contributed by atoms with Crippen molar-refractivity contribution in [2.75, 3.05) is 19.3 Å². The summed E-state index contributed by atoms with van der Waals surface area (Å²) in [5.41, 5.74) is 8.60. The van der Waals surface area contributed by atoms with Crippen molar-refractivity contribution in [1.29, 1.82) is 0 Å². The number of carboxylic acid groups (broad SMARTS) is 1. The molecular formula is C23H27N5O5. The third-order valence-electron chi connectivity index (χ3n) is 4.85. The van der Waals surface area contributed by atoms with Gasteiger partial charge in [0.05, 0.1) is 10.9 Å². The largest absolute Gasteiger partial charge is 0.483 e. The average Bonchev–Trinajstić information content (AvgIpc) is 2.81. The van der Waals surface area contributed by atoms with Crippen LogP contribution in [0.15, 0.2) is 47.3 Å². The number of nitrogen functional groups attached to an aromatic ring is 1. The van der Waals surface area contributed by atoms with E-state index in [1.54, 1.807) is 25.2 Å². The van der Waals surface area contributed by atoms with Gasteiger partial charge in [-0.2, -0.15) is 0 Å². The molecule has 10 heteroatoms. The summed E-state index contributed by atoms with van der Waals surface area (Å²) in [4.78, 5) is 50.4. The summed E-state index contributed by atoms with van der Waals surface area (Å²) in [5, 5.41) is 12.8. The second-order valence-corrected chi connectivity index (χ2v) is 7.14. The number of fused-ring (bicyclic) bond motifs is 1. The molecule has 0 saturated heterocycles. The van der Waals surface area contributed by atoms with E-state index in [0.717, 1.165) is 24.0 Å². The standard InChI is InChI=1S/C22H25N5O3.CH2O2/c1-24-19(28)3-2-12-25-20(29)16-9-6-14(7-10-16)4-5-15-8-11-18-17(13-15)21(30)27-22(23)26-18;2-1-3/h6-11,13H,2-5,12H2,1H3,(H,24,28)(H,25,29)(H3,23,26,27,30);1H,(H,2,3). The summed E-state index contributed by atoms with van der Waals surface area (Å²) in [5.74, 6) is -0.0835. The minimum absolute atomic E-state index is 0.0370. The molecule has 174 valence electrons. The van der Waals surface area contributed by atoms with Crippen molar-refractivity contribution < 1.29 is 19.5 Å². The highest BCUT2D eigenvalue weighted by Gasteiger charge is 2.07. The number of aryl methyl sites for hydroxylation is 2. The van der Waals surface area contributed by atoms with Gasteiger partial charge < -0.3 is 21.5 Å². The van der Waals surface area contributed by atoms with Crippen LogP contribution in [0.2, 0.25) is 0 Å². The summed E-state index contributed by atoms with van der Waals surface area (Å²) in [6, 6.07) is 13.0. The number of aromatic amines is 1. The van der Waals surface area contributed by atoms with Crippen molar-refractivity contribution in [2.24, 2.45) is 0 Å². The summed E-state index contributed by atoms with van der Waals surface area (Å²) < 4.78 is 0. The number of H-pyrrole nitrogens is 1. The van der Waals surface area contributed by atoms with Crippen molar-refractivity contribution >= 4 is 35.1 Å². The molecule has 0 fully saturated rings. The Morgan fingerprint density at radius 2 is 1.76 bits per heavy atom. The van der Waals surface area contributed by atoms with Crippen molar-refractivity contribution in [3.05, 3.63) is 69.5 Å². The Balaban J connectivity index is 0.00000122. The fourth-order valence-corrected chi connectivity index (χ4v) is 3.15. The number of hydrogen-bond donors (Lipinski definition) is 5. The van der Waals surface area contributed by atoms with Crippen LogP contribution in [0.3, 0.4) is 0 Å². The molecule has 2 aromatic carbocycles. The molecule has 1 aromatic heterocycles. The molecule has 0 atom stereocenters. The molecule has 2 amide bonds. The first kappa shape index (κ1) is 25.1. The van der Waals surface area contributed by atoms with Gasteiger partial charge in [-0.1, -0.05) is 18.2 Å². The summed E-state index contributed by atoms with van der Waals surface area (Å²) in [6.45, 7) is 0.204. The number of amides is 2. The lowest BCUT2D eigenvalue weighted by atomic mass is 10.0. The highest BCUT2D eigenvalue weighted by molar-refractivity contribution is 5.94. The van der Waals surface area contributed by atoms with Gasteiger partial charge in [0.15, 0.2) is 0 Å². The van der Waals surface area contributed by atoms with Crippen molar-refractivity contribution in [1.82, 2.24) is 20.6 Å². The fraction of sp³-hybridized carbons (Fsp3) is 0.261. The Hall–Kier alpha value is -4.21. The van der Waals surface area contributed by atoms with Gasteiger partial charge in [-0.05, 0) is 54.7 Å². The number of aromatic nitrogens is 2. The Labute approximate surface area is 190 Å². The molecule has 1 heterocycles. The first-order valence-corrected chi connectivity index (χ1v) is 10.3. The zero-order chi connectivity index (χ0) is 24.2. The van der Waals surface area contributed by atoms with E-state index in [1.807, 2.05) is 24.3 Å². The average molecular weight is 453 g/mol.